The second kappa shape index (κ2) is 21.8. The number of hydrogen-bond acceptors (Lipinski definition) is 10. The van der Waals surface area contributed by atoms with E-state index in [1.165, 1.54) is 22.2 Å². The minimum atomic E-state index is 0.177. The maximum absolute atomic E-state index is 6.41. The Hall–Kier alpha value is -8.22. The number of hydrogen-bond donors (Lipinski definition) is 2. The highest BCUT2D eigenvalue weighted by Gasteiger charge is 2.13. The van der Waals surface area contributed by atoms with Crippen LogP contribution >= 0.6 is 11.3 Å². The number of aryl methyl sites for hydroxylation is 2. The Morgan fingerprint density at radius 2 is 1.32 bits per heavy atom. The van der Waals surface area contributed by atoms with E-state index >= 15 is 0 Å². The largest absolute Gasteiger partial charge is 0.491 e. The van der Waals surface area contributed by atoms with E-state index in [2.05, 4.69) is 148 Å². The first-order valence-electron chi connectivity index (χ1n) is 24.5. The molecule has 0 fully saturated rings. The Bertz CT molecular complexity index is 3710. The van der Waals surface area contributed by atoms with Gasteiger partial charge in [-0.1, -0.05) is 69.3 Å². The van der Waals surface area contributed by atoms with Crippen LogP contribution in [0.2, 0.25) is 0 Å². The predicted molar refractivity (Wildman–Crippen MR) is 302 cm³/mol. The van der Waals surface area contributed by atoms with Gasteiger partial charge in [-0.25, -0.2) is 15.0 Å². The highest BCUT2D eigenvalue weighted by atomic mass is 32.1. The lowest BCUT2D eigenvalue weighted by molar-refractivity contribution is 0.243. The summed E-state index contributed by atoms with van der Waals surface area (Å²) in [6, 6.07) is 31.4. The number of anilines is 2. The number of rotatable bonds is 11. The summed E-state index contributed by atoms with van der Waals surface area (Å²) in [6.07, 6.45) is 26.4. The van der Waals surface area contributed by atoms with Crippen LogP contribution in [-0.4, -0.2) is 51.2 Å². The number of benzene rings is 3. The number of nitrogens with two attached hydrogens (primary N) is 1. The molecular weight excluding hydrogens is 909 g/mol. The monoisotopic (exact) mass is 968 g/mol. The first kappa shape index (κ1) is 48.8. The van der Waals surface area contributed by atoms with Gasteiger partial charge in [0.25, 0.3) is 0 Å². The molecule has 0 unspecified atom stereocenters. The summed E-state index contributed by atoms with van der Waals surface area (Å²) in [5.74, 6) is 3.05. The highest BCUT2D eigenvalue weighted by Crippen LogP contribution is 2.33. The lowest BCUT2D eigenvalue weighted by Crippen LogP contribution is -2.11. The summed E-state index contributed by atoms with van der Waals surface area (Å²) in [4.78, 5) is 26.7. The summed E-state index contributed by atoms with van der Waals surface area (Å²) in [6.45, 7) is 16.9. The van der Waals surface area contributed by atoms with Crippen molar-refractivity contribution in [1.82, 2.24) is 39.0 Å². The molecule has 8 heterocycles. The fraction of sp³-hybridized carbons (Fsp3) is 0.200. The number of pyridine rings is 5. The Balaban J connectivity index is 0.000000133. The highest BCUT2D eigenvalue weighted by molar-refractivity contribution is 7.19. The summed E-state index contributed by atoms with van der Waals surface area (Å²) < 4.78 is 11.0. The number of allylic oxidation sites excluding steroid dienone is 2. The van der Waals surface area contributed by atoms with Crippen LogP contribution in [0.4, 0.5) is 11.4 Å². The molecule has 3 N–H and O–H groups in total. The second-order valence-electron chi connectivity index (χ2n) is 18.6. The number of aromatic nitrogens is 8. The van der Waals surface area contributed by atoms with E-state index in [4.69, 9.17) is 10.5 Å². The fourth-order valence-electron chi connectivity index (χ4n) is 8.54. The fourth-order valence-corrected chi connectivity index (χ4v) is 9.45. The molecular formula is C60H60N10OS. The zero-order valence-corrected chi connectivity index (χ0v) is 42.9. The molecule has 0 amide bonds. The summed E-state index contributed by atoms with van der Waals surface area (Å²) in [5.41, 5.74) is 16.2. The average Bonchev–Trinajstić information content (AvgIpc) is 4.13. The molecule has 0 aliphatic heterocycles. The number of nitrogen functional groups attached to an aromatic ring is 1. The summed E-state index contributed by atoms with van der Waals surface area (Å²) >= 11 is 1.67. The Morgan fingerprint density at radius 3 is 1.94 bits per heavy atom. The van der Waals surface area contributed by atoms with Crippen molar-refractivity contribution in [3.63, 3.8) is 0 Å². The van der Waals surface area contributed by atoms with Gasteiger partial charge in [0.15, 0.2) is 0 Å². The molecule has 0 aliphatic rings. The Morgan fingerprint density at radius 1 is 0.667 bits per heavy atom. The molecule has 11 aromatic rings. The number of thiazole rings is 1. The van der Waals surface area contributed by atoms with E-state index in [9.17, 15) is 0 Å². The maximum atomic E-state index is 6.41. The van der Waals surface area contributed by atoms with Gasteiger partial charge in [-0.15, -0.1) is 11.3 Å². The average molecular weight is 969 g/mol. The van der Waals surface area contributed by atoms with Gasteiger partial charge in [-0.2, -0.15) is 0 Å². The van der Waals surface area contributed by atoms with Crippen molar-refractivity contribution in [3.8, 4) is 17.4 Å². The number of nitrogens with one attached hydrogen (secondary N) is 1. The van der Waals surface area contributed by atoms with Crippen LogP contribution in [0.15, 0.2) is 159 Å². The molecule has 3 aromatic carbocycles. The van der Waals surface area contributed by atoms with E-state index in [0.29, 0.717) is 12.0 Å². The molecule has 0 radical (unpaired) electrons. The van der Waals surface area contributed by atoms with Gasteiger partial charge in [-0.05, 0) is 130 Å². The van der Waals surface area contributed by atoms with Crippen molar-refractivity contribution in [2.24, 2.45) is 0 Å². The van der Waals surface area contributed by atoms with Crippen molar-refractivity contribution in [1.29, 1.82) is 0 Å². The van der Waals surface area contributed by atoms with Crippen LogP contribution in [0.1, 0.15) is 81.8 Å². The van der Waals surface area contributed by atoms with Gasteiger partial charge in [0.1, 0.15) is 22.4 Å². The van der Waals surface area contributed by atoms with E-state index in [1.54, 1.807) is 17.5 Å². The number of ether oxygens (including phenoxy) is 1. The Labute approximate surface area is 424 Å². The molecule has 12 heteroatoms. The van der Waals surface area contributed by atoms with Crippen LogP contribution in [-0.2, 0) is 6.42 Å². The molecule has 0 saturated heterocycles. The van der Waals surface area contributed by atoms with E-state index in [0.717, 1.165) is 93.9 Å². The van der Waals surface area contributed by atoms with Gasteiger partial charge in [-0.3, -0.25) is 24.1 Å². The maximum Gasteiger partial charge on any atom is 0.137 e. The lowest BCUT2D eigenvalue weighted by atomic mass is 9.97. The van der Waals surface area contributed by atoms with Gasteiger partial charge in [0, 0.05) is 98.8 Å². The minimum absolute atomic E-state index is 0.177. The molecule has 362 valence electrons. The third-order valence-corrected chi connectivity index (χ3v) is 13.2. The lowest BCUT2D eigenvalue weighted by Gasteiger charge is -2.16. The van der Waals surface area contributed by atoms with Gasteiger partial charge < -0.3 is 15.8 Å². The molecule has 0 atom stereocenters. The van der Waals surface area contributed by atoms with Crippen molar-refractivity contribution in [2.75, 3.05) is 11.1 Å². The van der Waals surface area contributed by atoms with Crippen molar-refractivity contribution >= 4 is 88.4 Å². The Kier molecular flexibility index (Phi) is 14.8. The quantitative estimate of drug-likeness (QED) is 0.0959. The predicted octanol–water partition coefficient (Wildman–Crippen LogP) is 14.7. The molecule has 0 bridgehead atoms. The van der Waals surface area contributed by atoms with Crippen LogP contribution in [0.25, 0.3) is 77.4 Å². The van der Waals surface area contributed by atoms with Crippen LogP contribution in [0.5, 0.6) is 5.75 Å². The third kappa shape index (κ3) is 11.0. The van der Waals surface area contributed by atoms with Crippen molar-refractivity contribution in [2.45, 2.75) is 79.9 Å². The molecule has 0 spiro atoms. The summed E-state index contributed by atoms with van der Waals surface area (Å²) in [5, 5.41) is 11.3. The van der Waals surface area contributed by atoms with Gasteiger partial charge in [0.2, 0.25) is 0 Å². The molecule has 11 rings (SSSR count). The van der Waals surface area contributed by atoms with E-state index in [1.807, 2.05) is 117 Å². The SMILES string of the molecule is CC(C)c1ccc2cnc(-n3ccc4ccncc43)cc2c1N.CCc1ccc(/C=C/C=C/c2nc3ccc(OC(C)C)cc3s2)cn1.Cc1ccc2cnc(-n3ccc4ccncc43)cc2c1NC(C)C. The molecule has 11 nitrogen and oxygen atoms in total. The molecule has 0 aliphatic carbocycles. The normalized spacial score (nSPS) is 11.7. The standard InChI is InChI=1S/C21H22N2OS.C20H20N4.C19H18N4/c1-4-17-10-9-16(14-22-17)7-5-6-8-21-23-19-12-11-18(24-15(2)3)13-20(19)25-21;1-13(2)23-20-14(3)4-5-16-11-22-19(10-17(16)20)24-9-7-15-6-8-21-12-18(15)24;1-12(2)15-4-3-14-10-22-18(9-16(14)19(15)20)23-8-6-13-5-7-21-11-17(13)23/h5-15H,4H2,1-3H3;4-13,23H,1-3H3;3-12H,20H2,1-2H3/b7-5+,8-6+;;. The van der Waals surface area contributed by atoms with Crippen LogP contribution < -0.4 is 15.8 Å². The smallest absolute Gasteiger partial charge is 0.137 e. The number of nitrogens with zero attached hydrogens (tertiary/aromatic N) is 8. The molecule has 72 heavy (non-hydrogen) atoms. The summed E-state index contributed by atoms with van der Waals surface area (Å²) in [7, 11) is 0. The molecule has 8 aromatic heterocycles. The van der Waals surface area contributed by atoms with Gasteiger partial charge in [0.05, 0.1) is 39.7 Å². The molecule has 0 saturated carbocycles. The minimum Gasteiger partial charge on any atom is -0.491 e. The van der Waals surface area contributed by atoms with Crippen molar-refractivity contribution in [3.05, 3.63) is 186 Å². The van der Waals surface area contributed by atoms with Crippen molar-refractivity contribution < 1.29 is 4.74 Å². The van der Waals surface area contributed by atoms with Gasteiger partial charge >= 0.3 is 0 Å². The zero-order chi connectivity index (χ0) is 50.3. The second-order valence-corrected chi connectivity index (χ2v) is 19.6. The van der Waals surface area contributed by atoms with Crippen LogP contribution in [0.3, 0.4) is 0 Å². The first-order chi connectivity index (χ1) is 34.9. The first-order valence-corrected chi connectivity index (χ1v) is 25.3. The van der Waals surface area contributed by atoms with E-state index in [-0.39, 0.29) is 6.10 Å². The number of fused-ring (bicyclic) bond motifs is 5. The topological polar surface area (TPSA) is 134 Å². The van der Waals surface area contributed by atoms with E-state index < -0.39 is 0 Å². The third-order valence-electron chi connectivity index (χ3n) is 12.2. The van der Waals surface area contributed by atoms with Crippen LogP contribution in [0, 0.1) is 6.92 Å². The zero-order valence-electron chi connectivity index (χ0n) is 42.1.